The average molecular weight is 772 g/mol. The largest absolute Gasteiger partial charge is 0.507 e. The maximum atomic E-state index is 13.4. The first-order valence-corrected chi connectivity index (χ1v) is 20.5. The number of amidine groups is 1. The molecular formula is C42H51N4O6S2+. The van der Waals surface area contributed by atoms with Gasteiger partial charge in [-0.1, -0.05) is 76.9 Å². The third-order valence-corrected chi connectivity index (χ3v) is 11.3. The Morgan fingerprint density at radius 2 is 1.37 bits per heavy atom. The van der Waals surface area contributed by atoms with Crippen LogP contribution in [0.1, 0.15) is 95.1 Å². The fourth-order valence-electron chi connectivity index (χ4n) is 6.20. The first-order chi connectivity index (χ1) is 26.1. The molecule has 3 aromatic rings. The van der Waals surface area contributed by atoms with Crippen LogP contribution in [-0.4, -0.2) is 78.4 Å². The van der Waals surface area contributed by atoms with E-state index in [9.17, 15) is 30.3 Å². The second-order valence-electron chi connectivity index (χ2n) is 13.4. The van der Waals surface area contributed by atoms with E-state index in [4.69, 9.17) is 0 Å². The monoisotopic (exact) mass is 771 g/mol. The van der Waals surface area contributed by atoms with Crippen LogP contribution in [0.3, 0.4) is 0 Å². The second-order valence-corrected chi connectivity index (χ2v) is 15.5. The minimum atomic E-state index is -0.740. The number of hydrogen-bond acceptors (Lipinski definition) is 10. The Morgan fingerprint density at radius 1 is 0.759 bits per heavy atom. The predicted octanol–water partition coefficient (Wildman–Crippen LogP) is 7.70. The van der Waals surface area contributed by atoms with Gasteiger partial charge in [-0.15, -0.1) is 0 Å². The van der Waals surface area contributed by atoms with Gasteiger partial charge in [-0.25, -0.2) is 4.98 Å². The van der Waals surface area contributed by atoms with Gasteiger partial charge in [0.05, 0.1) is 39.9 Å². The van der Waals surface area contributed by atoms with Gasteiger partial charge < -0.3 is 30.4 Å². The minimum Gasteiger partial charge on any atom is -0.507 e. The molecule has 54 heavy (non-hydrogen) atoms. The second kappa shape index (κ2) is 19.0. The first-order valence-electron chi connectivity index (χ1n) is 18.9. The van der Waals surface area contributed by atoms with Crippen molar-refractivity contribution in [1.29, 1.82) is 0 Å². The zero-order chi connectivity index (χ0) is 38.8. The Morgan fingerprint density at radius 3 is 1.94 bits per heavy atom. The highest BCUT2D eigenvalue weighted by Gasteiger charge is 2.39. The summed E-state index contributed by atoms with van der Waals surface area (Å²) in [5, 5.41) is 56.8. The number of carbonyl (C=O) groups excluding carboxylic acids is 1. The van der Waals surface area contributed by atoms with Gasteiger partial charge in [0.15, 0.2) is 11.3 Å². The number of aromatic hydroxyl groups is 4. The number of ketones is 1. The van der Waals surface area contributed by atoms with Crippen molar-refractivity contribution in [3.05, 3.63) is 73.6 Å². The Bertz CT molecular complexity index is 2080. The number of anilines is 1. The van der Waals surface area contributed by atoms with E-state index in [-0.39, 0.29) is 21.9 Å². The average Bonchev–Trinajstić information content (AvgIpc) is 3.83. The molecule has 0 fully saturated rings. The van der Waals surface area contributed by atoms with Crippen LogP contribution in [0.5, 0.6) is 23.0 Å². The lowest BCUT2D eigenvalue weighted by molar-refractivity contribution is -0.527. The van der Waals surface area contributed by atoms with Crippen molar-refractivity contribution in [2.75, 3.05) is 31.1 Å². The molecule has 0 radical (unpaired) electrons. The normalized spacial score (nSPS) is 14.9. The molecule has 1 aliphatic heterocycles. The number of hydrogen-bond donors (Lipinski definition) is 5. The van der Waals surface area contributed by atoms with E-state index in [2.05, 4.69) is 47.1 Å². The number of aliphatic hydroxyl groups is 1. The maximum Gasteiger partial charge on any atom is 0.359 e. The van der Waals surface area contributed by atoms with E-state index >= 15 is 0 Å². The number of unbranched alkanes of at least 4 members (excludes halogenated alkanes) is 4. The van der Waals surface area contributed by atoms with E-state index in [1.54, 1.807) is 47.7 Å². The summed E-state index contributed by atoms with van der Waals surface area (Å²) < 4.78 is 2.31. The molecule has 1 aromatic heterocycles. The van der Waals surface area contributed by atoms with Crippen LogP contribution in [0.4, 0.5) is 5.13 Å². The summed E-state index contributed by atoms with van der Waals surface area (Å²) in [4.78, 5) is 26.8. The number of aromatic nitrogens is 1. The molecule has 2 aliphatic rings. The quantitative estimate of drug-likeness (QED) is 0.0871. The highest BCUT2D eigenvalue weighted by molar-refractivity contribution is 8.18. The molecule has 0 saturated heterocycles. The molecule has 0 saturated carbocycles. The number of carbonyl (C=O) groups is 1. The molecule has 0 bridgehead atoms. The molecule has 12 heteroatoms. The lowest BCUT2D eigenvalue weighted by Gasteiger charge is -2.23. The van der Waals surface area contributed by atoms with Crippen LogP contribution < -0.4 is 15.3 Å². The summed E-state index contributed by atoms with van der Waals surface area (Å²) in [5.41, 5.74) is -0.367. The summed E-state index contributed by atoms with van der Waals surface area (Å²) in [7, 11) is 0. The lowest BCUT2D eigenvalue weighted by atomic mass is 9.81. The van der Waals surface area contributed by atoms with Crippen molar-refractivity contribution in [1.82, 2.24) is 4.98 Å². The number of Topliss-reactive ketones (excluding diaryl/α,β-unsaturated/α-hetero) is 1. The van der Waals surface area contributed by atoms with Crippen LogP contribution in [0.25, 0.3) is 29.4 Å². The van der Waals surface area contributed by atoms with E-state index < -0.39 is 34.5 Å². The molecule has 0 spiro atoms. The van der Waals surface area contributed by atoms with Gasteiger partial charge in [0.1, 0.15) is 28.8 Å². The summed E-state index contributed by atoms with van der Waals surface area (Å²) >= 11 is 3.13. The number of thioether (sulfide) groups is 1. The highest BCUT2D eigenvalue weighted by atomic mass is 32.2. The Balaban J connectivity index is 1.36. The first kappa shape index (κ1) is 40.4. The number of aliphatic imine (C=N–C) groups is 1. The SMILES string of the molecule is CCCCN(CCCC)c1ncc(/C=C/c2cc(O)c(C3=C(O)C(=c4c(O)cc(=C/C=C5\C=NC(=[N+](CCCC)CCCC)S5)cc4O)C3=O)c(O)c2)s1. The Hall–Kier alpha value is -4.81. The van der Waals surface area contributed by atoms with Crippen molar-refractivity contribution in [2.45, 2.75) is 79.1 Å². The van der Waals surface area contributed by atoms with Crippen molar-refractivity contribution in [3.8, 4) is 23.0 Å². The third kappa shape index (κ3) is 9.46. The van der Waals surface area contributed by atoms with Crippen molar-refractivity contribution in [2.24, 2.45) is 4.99 Å². The molecule has 0 atom stereocenters. The molecular weight excluding hydrogens is 721 g/mol. The highest BCUT2D eigenvalue weighted by Crippen LogP contribution is 2.45. The van der Waals surface area contributed by atoms with E-state index in [1.165, 1.54) is 24.3 Å². The zero-order valence-corrected chi connectivity index (χ0v) is 33.1. The van der Waals surface area contributed by atoms with Crippen molar-refractivity contribution in [3.63, 3.8) is 0 Å². The van der Waals surface area contributed by atoms with Crippen LogP contribution in [0, 0.1) is 0 Å². The van der Waals surface area contributed by atoms with E-state index in [0.29, 0.717) is 10.8 Å². The van der Waals surface area contributed by atoms with Gasteiger partial charge >= 0.3 is 5.17 Å². The number of rotatable bonds is 17. The fraction of sp³-hybridized carbons (Fsp3) is 0.381. The van der Waals surface area contributed by atoms with Crippen LogP contribution in [-0.2, 0) is 4.79 Å². The summed E-state index contributed by atoms with van der Waals surface area (Å²) in [6, 6.07) is 5.57. The molecule has 0 amide bonds. The molecule has 0 unspecified atom stereocenters. The number of thiazole rings is 1. The zero-order valence-electron chi connectivity index (χ0n) is 31.5. The van der Waals surface area contributed by atoms with Crippen molar-refractivity contribution < 1.29 is 34.9 Å². The number of allylic oxidation sites excluding steroid dienone is 4. The summed E-state index contributed by atoms with van der Waals surface area (Å²) in [6.45, 7) is 12.5. The molecule has 1 aliphatic carbocycles. The van der Waals surface area contributed by atoms with E-state index in [1.807, 2.05) is 12.2 Å². The number of phenolic OH excluding ortho intramolecular Hbond substituents is 4. The Labute approximate surface area is 325 Å². The van der Waals surface area contributed by atoms with Gasteiger partial charge in [0, 0.05) is 35.9 Å². The topological polar surface area (TPSA) is 150 Å². The smallest absolute Gasteiger partial charge is 0.359 e. The van der Waals surface area contributed by atoms with Gasteiger partial charge in [0.2, 0.25) is 5.78 Å². The predicted molar refractivity (Wildman–Crippen MR) is 223 cm³/mol. The third-order valence-electron chi connectivity index (χ3n) is 9.24. The maximum absolute atomic E-state index is 13.4. The minimum absolute atomic E-state index is 0.230. The molecule has 5 N–H and O–H groups in total. The van der Waals surface area contributed by atoms with Crippen LogP contribution in [0.15, 0.2) is 52.2 Å². The van der Waals surface area contributed by atoms with Gasteiger partial charge in [0.25, 0.3) is 0 Å². The number of nitrogens with zero attached hydrogens (tertiary/aromatic N) is 4. The summed E-state index contributed by atoms with van der Waals surface area (Å²) in [6.07, 6.45) is 19.5. The van der Waals surface area contributed by atoms with Gasteiger partial charge in [-0.3, -0.25) is 9.37 Å². The van der Waals surface area contributed by atoms with Crippen LogP contribution in [0.2, 0.25) is 0 Å². The number of benzene rings is 2. The van der Waals surface area contributed by atoms with Crippen LogP contribution >= 0.6 is 23.1 Å². The molecule has 10 nitrogen and oxygen atoms in total. The van der Waals surface area contributed by atoms with Gasteiger partial charge in [-0.2, -0.15) is 0 Å². The number of aliphatic hydroxyl groups excluding tert-OH is 1. The van der Waals surface area contributed by atoms with Gasteiger partial charge in [-0.05, 0) is 77.9 Å². The molecule has 5 rings (SSSR count). The van der Waals surface area contributed by atoms with E-state index in [0.717, 1.165) is 97.6 Å². The Kier molecular flexibility index (Phi) is 14.2. The van der Waals surface area contributed by atoms with Crippen molar-refractivity contribution >= 4 is 74.8 Å². The lowest BCUT2D eigenvalue weighted by Crippen LogP contribution is -2.28. The number of phenols is 4. The molecule has 2 heterocycles. The fourth-order valence-corrected chi connectivity index (χ4v) is 7.94. The standard InChI is InChI=1S/C42H50N4O6S2/c1-5-9-17-45(18-10-6-2)41-43-25-29(53-41)15-13-27-21-31(47)35(32(48)22-27)37-39(51)38(40(37)52)36-33(49)23-28(24-34(36)50)14-16-30-26-44-42(54-30)46(19-11-7-3)20-12-8-4/h13-16,21-26H,5-12,17-20H2,1-4H3,(H4,47,48,49,50,51,52)/p+1/b15-13+. The molecule has 286 valence electrons. The molecule has 2 aromatic carbocycles. The summed E-state index contributed by atoms with van der Waals surface area (Å²) in [5.74, 6) is -2.91.